The average Bonchev–Trinajstić information content (AvgIpc) is 2.15. The Morgan fingerprint density at radius 1 is 1.56 bits per heavy atom. The number of hydrogen-bond acceptors (Lipinski definition) is 1. The SMILES string of the molecule is C=C(C)[C@@H]1CC[C@@]2(C)CC(=O)C=C(C)C2C1. The minimum Gasteiger partial charge on any atom is -0.295 e. The molecule has 0 radical (unpaired) electrons. The molecule has 0 bridgehead atoms. The highest BCUT2D eigenvalue weighted by Crippen LogP contribution is 2.52. The summed E-state index contributed by atoms with van der Waals surface area (Å²) in [5.74, 6) is 1.58. The van der Waals surface area contributed by atoms with Crippen LogP contribution in [0.4, 0.5) is 0 Å². The third kappa shape index (κ3) is 1.88. The molecule has 0 amide bonds. The Kier molecular flexibility index (Phi) is 2.81. The minimum absolute atomic E-state index is 0.224. The Hall–Kier alpha value is -0.850. The average molecular weight is 218 g/mol. The van der Waals surface area contributed by atoms with Crippen LogP contribution in [-0.4, -0.2) is 5.78 Å². The van der Waals surface area contributed by atoms with Gasteiger partial charge in [0.2, 0.25) is 0 Å². The number of ketones is 1. The standard InChI is InChI=1S/C15H22O/c1-10(2)12-5-6-15(4)9-13(16)7-11(3)14(15)8-12/h7,12,14H,1,5-6,8-9H2,2-4H3/t12-,14?,15+/m1/s1. The number of carbonyl (C=O) groups excluding carboxylic acids is 1. The van der Waals surface area contributed by atoms with Crippen LogP contribution in [0.25, 0.3) is 0 Å². The van der Waals surface area contributed by atoms with Crippen LogP contribution < -0.4 is 0 Å². The molecule has 1 unspecified atom stereocenters. The van der Waals surface area contributed by atoms with E-state index in [2.05, 4.69) is 27.4 Å². The zero-order chi connectivity index (χ0) is 11.9. The van der Waals surface area contributed by atoms with E-state index < -0.39 is 0 Å². The van der Waals surface area contributed by atoms with Crippen molar-refractivity contribution in [3.8, 4) is 0 Å². The Morgan fingerprint density at radius 3 is 2.88 bits per heavy atom. The molecule has 2 aliphatic rings. The molecule has 0 spiro atoms. The summed E-state index contributed by atoms with van der Waals surface area (Å²) in [5, 5.41) is 0. The van der Waals surface area contributed by atoms with Gasteiger partial charge in [0.1, 0.15) is 0 Å². The molecule has 0 aliphatic heterocycles. The van der Waals surface area contributed by atoms with Crippen molar-refractivity contribution in [3.63, 3.8) is 0 Å². The van der Waals surface area contributed by atoms with Gasteiger partial charge in [-0.25, -0.2) is 0 Å². The quantitative estimate of drug-likeness (QED) is 0.610. The van der Waals surface area contributed by atoms with Gasteiger partial charge in [-0.3, -0.25) is 4.79 Å². The van der Waals surface area contributed by atoms with E-state index in [4.69, 9.17) is 0 Å². The van der Waals surface area contributed by atoms with Crippen molar-refractivity contribution in [3.05, 3.63) is 23.8 Å². The Morgan fingerprint density at radius 2 is 2.25 bits per heavy atom. The monoisotopic (exact) mass is 218 g/mol. The smallest absolute Gasteiger partial charge is 0.156 e. The first-order valence-electron chi connectivity index (χ1n) is 6.29. The van der Waals surface area contributed by atoms with Gasteiger partial charge in [0.05, 0.1) is 0 Å². The summed E-state index contributed by atoms with van der Waals surface area (Å²) in [5.41, 5.74) is 2.83. The van der Waals surface area contributed by atoms with Crippen molar-refractivity contribution >= 4 is 5.78 Å². The largest absolute Gasteiger partial charge is 0.295 e. The maximum Gasteiger partial charge on any atom is 0.156 e. The van der Waals surface area contributed by atoms with Gasteiger partial charge in [-0.05, 0) is 56.4 Å². The van der Waals surface area contributed by atoms with Gasteiger partial charge in [0.15, 0.2) is 5.78 Å². The zero-order valence-electron chi connectivity index (χ0n) is 10.7. The van der Waals surface area contributed by atoms with Crippen molar-refractivity contribution in [2.45, 2.75) is 46.5 Å². The van der Waals surface area contributed by atoms with Crippen molar-refractivity contribution < 1.29 is 4.79 Å². The molecule has 1 nitrogen and oxygen atoms in total. The first-order chi connectivity index (χ1) is 7.42. The van der Waals surface area contributed by atoms with E-state index in [0.717, 1.165) is 6.42 Å². The van der Waals surface area contributed by atoms with Crippen LogP contribution in [0.15, 0.2) is 23.8 Å². The maximum absolute atomic E-state index is 11.7. The predicted molar refractivity (Wildman–Crippen MR) is 67.1 cm³/mol. The zero-order valence-corrected chi connectivity index (χ0v) is 10.7. The summed E-state index contributed by atoms with van der Waals surface area (Å²) >= 11 is 0. The summed E-state index contributed by atoms with van der Waals surface area (Å²) in [6.07, 6.45) is 6.20. The topological polar surface area (TPSA) is 17.1 Å². The van der Waals surface area contributed by atoms with Crippen molar-refractivity contribution in [2.24, 2.45) is 17.3 Å². The van der Waals surface area contributed by atoms with Gasteiger partial charge in [-0.1, -0.05) is 24.6 Å². The fraction of sp³-hybridized carbons (Fsp3) is 0.667. The first kappa shape index (κ1) is 11.6. The highest BCUT2D eigenvalue weighted by molar-refractivity contribution is 5.92. The Labute approximate surface area is 98.6 Å². The minimum atomic E-state index is 0.224. The number of hydrogen-bond donors (Lipinski definition) is 0. The summed E-state index contributed by atoms with van der Waals surface area (Å²) in [6.45, 7) is 10.7. The number of carbonyl (C=O) groups is 1. The Bertz CT molecular complexity index is 364. The van der Waals surface area contributed by atoms with Gasteiger partial charge >= 0.3 is 0 Å². The molecule has 1 saturated carbocycles. The lowest BCUT2D eigenvalue weighted by Gasteiger charge is -2.47. The summed E-state index contributed by atoms with van der Waals surface area (Å²) < 4.78 is 0. The maximum atomic E-state index is 11.7. The van der Waals surface area contributed by atoms with E-state index in [9.17, 15) is 4.79 Å². The number of fused-ring (bicyclic) bond motifs is 1. The molecule has 3 atom stereocenters. The van der Waals surface area contributed by atoms with E-state index in [1.54, 1.807) is 0 Å². The van der Waals surface area contributed by atoms with Crippen LogP contribution >= 0.6 is 0 Å². The van der Waals surface area contributed by atoms with E-state index in [1.807, 2.05) is 6.08 Å². The summed E-state index contributed by atoms with van der Waals surface area (Å²) in [4.78, 5) is 11.7. The van der Waals surface area contributed by atoms with Crippen molar-refractivity contribution in [1.29, 1.82) is 0 Å². The molecule has 1 fully saturated rings. The number of rotatable bonds is 1. The molecule has 0 aromatic rings. The van der Waals surface area contributed by atoms with Gasteiger partial charge in [0, 0.05) is 6.42 Å². The van der Waals surface area contributed by atoms with Crippen LogP contribution in [0.5, 0.6) is 0 Å². The molecule has 0 aromatic heterocycles. The van der Waals surface area contributed by atoms with Gasteiger partial charge in [-0.15, -0.1) is 0 Å². The second kappa shape index (κ2) is 3.87. The highest BCUT2D eigenvalue weighted by atomic mass is 16.1. The molecular formula is C15H22O. The van der Waals surface area contributed by atoms with Crippen LogP contribution in [0.3, 0.4) is 0 Å². The highest BCUT2D eigenvalue weighted by Gasteiger charge is 2.43. The third-order valence-corrected chi connectivity index (χ3v) is 4.64. The second-order valence-corrected chi connectivity index (χ2v) is 6.06. The normalized spacial score (nSPS) is 38.9. The van der Waals surface area contributed by atoms with Crippen LogP contribution in [0.1, 0.15) is 46.5 Å². The molecule has 16 heavy (non-hydrogen) atoms. The number of allylic oxidation sites excluding steroid dienone is 3. The summed E-state index contributed by atoms with van der Waals surface area (Å²) in [6, 6.07) is 0. The van der Waals surface area contributed by atoms with Crippen molar-refractivity contribution in [1.82, 2.24) is 0 Å². The fourth-order valence-electron chi connectivity index (χ4n) is 3.56. The lowest BCUT2D eigenvalue weighted by atomic mass is 9.57. The van der Waals surface area contributed by atoms with E-state index in [1.165, 1.54) is 30.4 Å². The fourth-order valence-corrected chi connectivity index (χ4v) is 3.56. The van der Waals surface area contributed by atoms with Crippen LogP contribution in [-0.2, 0) is 4.79 Å². The molecule has 2 rings (SSSR count). The van der Waals surface area contributed by atoms with Gasteiger partial charge in [-0.2, -0.15) is 0 Å². The molecule has 0 aromatic carbocycles. The van der Waals surface area contributed by atoms with E-state index in [0.29, 0.717) is 17.6 Å². The van der Waals surface area contributed by atoms with E-state index >= 15 is 0 Å². The van der Waals surface area contributed by atoms with Crippen LogP contribution in [0.2, 0.25) is 0 Å². The molecule has 88 valence electrons. The molecule has 0 N–H and O–H groups in total. The predicted octanol–water partition coefficient (Wildman–Crippen LogP) is 3.90. The first-order valence-corrected chi connectivity index (χ1v) is 6.29. The second-order valence-electron chi connectivity index (χ2n) is 6.06. The van der Waals surface area contributed by atoms with Crippen molar-refractivity contribution in [2.75, 3.05) is 0 Å². The Balaban J connectivity index is 2.26. The lowest BCUT2D eigenvalue weighted by Crippen LogP contribution is -2.39. The molecular weight excluding hydrogens is 196 g/mol. The third-order valence-electron chi connectivity index (χ3n) is 4.64. The van der Waals surface area contributed by atoms with Gasteiger partial charge in [0.25, 0.3) is 0 Å². The summed E-state index contributed by atoms with van der Waals surface area (Å²) in [7, 11) is 0. The molecule has 0 heterocycles. The van der Waals surface area contributed by atoms with Gasteiger partial charge < -0.3 is 0 Å². The lowest BCUT2D eigenvalue weighted by molar-refractivity contribution is -0.119. The molecule has 0 saturated heterocycles. The molecule has 2 aliphatic carbocycles. The van der Waals surface area contributed by atoms with Crippen LogP contribution in [0, 0.1) is 17.3 Å². The molecule has 1 heteroatoms. The van der Waals surface area contributed by atoms with E-state index in [-0.39, 0.29) is 5.41 Å².